The average Bonchev–Trinajstić information content (AvgIpc) is 1.94. The molecule has 0 amide bonds. The normalized spacial score (nSPS) is 9.55. The van der Waals surface area contributed by atoms with Crippen molar-refractivity contribution in [3.8, 4) is 5.75 Å². The standard InChI is InChI=1S/C7H7NO3/c1-4(9)5-2-3-8-7(11)6(5)10/h2-3,10H,1H3,(H,8,11). The van der Waals surface area contributed by atoms with Crippen LogP contribution in [0.25, 0.3) is 0 Å². The van der Waals surface area contributed by atoms with Crippen molar-refractivity contribution in [2.75, 3.05) is 0 Å². The molecule has 0 saturated carbocycles. The highest BCUT2D eigenvalue weighted by Crippen LogP contribution is 2.08. The molecule has 0 aromatic carbocycles. The van der Waals surface area contributed by atoms with Crippen molar-refractivity contribution in [2.24, 2.45) is 0 Å². The van der Waals surface area contributed by atoms with Crippen LogP contribution < -0.4 is 5.56 Å². The maximum Gasteiger partial charge on any atom is 0.290 e. The number of carbonyl (C=O) groups is 1. The van der Waals surface area contributed by atoms with Crippen LogP contribution >= 0.6 is 0 Å². The highest BCUT2D eigenvalue weighted by Gasteiger charge is 2.07. The van der Waals surface area contributed by atoms with Gasteiger partial charge in [0.15, 0.2) is 11.5 Å². The van der Waals surface area contributed by atoms with Crippen molar-refractivity contribution < 1.29 is 9.90 Å². The molecular formula is C7H7NO3. The summed E-state index contributed by atoms with van der Waals surface area (Å²) in [6.45, 7) is 1.29. The van der Waals surface area contributed by atoms with Gasteiger partial charge in [-0.2, -0.15) is 0 Å². The van der Waals surface area contributed by atoms with E-state index in [0.717, 1.165) is 0 Å². The first kappa shape index (κ1) is 7.53. The van der Waals surface area contributed by atoms with Crippen molar-refractivity contribution in [3.63, 3.8) is 0 Å². The Kier molecular flexibility index (Phi) is 1.76. The van der Waals surface area contributed by atoms with Gasteiger partial charge in [-0.15, -0.1) is 0 Å². The summed E-state index contributed by atoms with van der Waals surface area (Å²) in [4.78, 5) is 23.6. The first-order valence-electron chi connectivity index (χ1n) is 3.04. The topological polar surface area (TPSA) is 70.2 Å². The summed E-state index contributed by atoms with van der Waals surface area (Å²) < 4.78 is 0. The summed E-state index contributed by atoms with van der Waals surface area (Å²) in [6, 6.07) is 1.36. The van der Waals surface area contributed by atoms with E-state index in [1.54, 1.807) is 0 Å². The predicted molar refractivity (Wildman–Crippen MR) is 38.7 cm³/mol. The van der Waals surface area contributed by atoms with Crippen molar-refractivity contribution in [3.05, 3.63) is 28.2 Å². The first-order chi connectivity index (χ1) is 5.13. The Hall–Kier alpha value is -1.58. The van der Waals surface area contributed by atoms with E-state index < -0.39 is 11.3 Å². The van der Waals surface area contributed by atoms with Crippen LogP contribution in [0, 0.1) is 0 Å². The van der Waals surface area contributed by atoms with E-state index in [0.29, 0.717) is 0 Å². The van der Waals surface area contributed by atoms with Crippen LogP contribution in [0.15, 0.2) is 17.1 Å². The monoisotopic (exact) mass is 153 g/mol. The van der Waals surface area contributed by atoms with Gasteiger partial charge in [-0.25, -0.2) is 0 Å². The Morgan fingerprint density at radius 1 is 1.64 bits per heavy atom. The highest BCUT2D eigenvalue weighted by molar-refractivity contribution is 5.96. The third kappa shape index (κ3) is 1.29. The number of Topliss-reactive ketones (excluding diaryl/α,β-unsaturated/α-hetero) is 1. The minimum atomic E-state index is -0.641. The Morgan fingerprint density at radius 3 is 2.73 bits per heavy atom. The van der Waals surface area contributed by atoms with E-state index in [1.807, 2.05) is 0 Å². The average molecular weight is 153 g/mol. The molecule has 2 N–H and O–H groups in total. The molecule has 0 aliphatic rings. The molecule has 0 spiro atoms. The number of nitrogens with one attached hydrogen (secondary N) is 1. The zero-order valence-electron chi connectivity index (χ0n) is 5.92. The van der Waals surface area contributed by atoms with Gasteiger partial charge in [0.25, 0.3) is 5.56 Å². The fourth-order valence-electron chi connectivity index (χ4n) is 0.754. The number of aromatic amines is 1. The van der Waals surface area contributed by atoms with Gasteiger partial charge in [-0.05, 0) is 13.0 Å². The smallest absolute Gasteiger partial charge is 0.290 e. The molecule has 4 heteroatoms. The second-order valence-electron chi connectivity index (χ2n) is 2.13. The number of hydrogen-bond acceptors (Lipinski definition) is 3. The lowest BCUT2D eigenvalue weighted by Crippen LogP contribution is -2.08. The molecule has 0 aliphatic carbocycles. The van der Waals surface area contributed by atoms with Crippen molar-refractivity contribution in [2.45, 2.75) is 6.92 Å². The second-order valence-corrected chi connectivity index (χ2v) is 2.13. The van der Waals surface area contributed by atoms with Gasteiger partial charge in [0.05, 0.1) is 5.56 Å². The number of pyridine rings is 1. The number of rotatable bonds is 1. The number of aromatic hydroxyl groups is 1. The zero-order valence-corrected chi connectivity index (χ0v) is 5.92. The summed E-state index contributed by atoms with van der Waals surface area (Å²) in [6.07, 6.45) is 1.32. The summed E-state index contributed by atoms with van der Waals surface area (Å²) in [5, 5.41) is 9.00. The lowest BCUT2D eigenvalue weighted by Gasteiger charge is -1.95. The van der Waals surface area contributed by atoms with Crippen LogP contribution in [0.1, 0.15) is 17.3 Å². The van der Waals surface area contributed by atoms with Crippen LogP contribution in [0.3, 0.4) is 0 Å². The SMILES string of the molecule is CC(=O)c1cc[nH]c(=O)c1O. The molecule has 0 unspecified atom stereocenters. The molecule has 11 heavy (non-hydrogen) atoms. The summed E-state index contributed by atoms with van der Waals surface area (Å²) >= 11 is 0. The van der Waals surface area contributed by atoms with Crippen molar-refractivity contribution in [1.82, 2.24) is 4.98 Å². The fourth-order valence-corrected chi connectivity index (χ4v) is 0.754. The van der Waals surface area contributed by atoms with Gasteiger partial charge in [-0.3, -0.25) is 9.59 Å². The van der Waals surface area contributed by atoms with Crippen LogP contribution in [0.4, 0.5) is 0 Å². The van der Waals surface area contributed by atoms with Crippen molar-refractivity contribution in [1.29, 1.82) is 0 Å². The van der Waals surface area contributed by atoms with Crippen LogP contribution in [0.2, 0.25) is 0 Å². The molecule has 4 nitrogen and oxygen atoms in total. The molecule has 0 fully saturated rings. The van der Waals surface area contributed by atoms with E-state index in [2.05, 4.69) is 4.98 Å². The Balaban J connectivity index is 3.39. The first-order valence-corrected chi connectivity index (χ1v) is 3.04. The Morgan fingerprint density at radius 2 is 2.27 bits per heavy atom. The molecule has 58 valence electrons. The molecule has 0 saturated heterocycles. The van der Waals surface area contributed by atoms with Crippen LogP contribution in [0.5, 0.6) is 5.75 Å². The van der Waals surface area contributed by atoms with E-state index >= 15 is 0 Å². The number of ketones is 1. The third-order valence-electron chi connectivity index (χ3n) is 1.31. The lowest BCUT2D eigenvalue weighted by molar-refractivity contribution is 0.101. The summed E-state index contributed by atoms with van der Waals surface area (Å²) in [7, 11) is 0. The van der Waals surface area contributed by atoms with E-state index in [1.165, 1.54) is 19.2 Å². The number of hydrogen-bond donors (Lipinski definition) is 2. The van der Waals surface area contributed by atoms with Crippen LogP contribution in [-0.4, -0.2) is 15.9 Å². The molecule has 1 aromatic heterocycles. The van der Waals surface area contributed by atoms with E-state index in [-0.39, 0.29) is 11.3 Å². The molecule has 1 aromatic rings. The van der Waals surface area contributed by atoms with Gasteiger partial charge < -0.3 is 10.1 Å². The lowest BCUT2D eigenvalue weighted by atomic mass is 10.2. The molecule has 0 radical (unpaired) electrons. The second kappa shape index (κ2) is 2.57. The van der Waals surface area contributed by atoms with Crippen LogP contribution in [-0.2, 0) is 0 Å². The minimum absolute atomic E-state index is 0.0498. The molecule has 0 bridgehead atoms. The maximum absolute atomic E-state index is 10.7. The predicted octanol–water partition coefficient (Wildman–Crippen LogP) is 0.283. The Labute approximate surface area is 62.5 Å². The van der Waals surface area contributed by atoms with E-state index in [9.17, 15) is 9.59 Å². The zero-order chi connectivity index (χ0) is 8.43. The van der Waals surface area contributed by atoms with Crippen molar-refractivity contribution >= 4 is 5.78 Å². The Bertz CT molecular complexity index is 340. The quantitative estimate of drug-likeness (QED) is 0.569. The third-order valence-corrected chi connectivity index (χ3v) is 1.31. The van der Waals surface area contributed by atoms with Gasteiger partial charge >= 0.3 is 0 Å². The molecular weight excluding hydrogens is 146 g/mol. The van der Waals surface area contributed by atoms with Gasteiger partial charge in [-0.1, -0.05) is 0 Å². The number of aromatic nitrogens is 1. The van der Waals surface area contributed by atoms with Gasteiger partial charge in [0.1, 0.15) is 0 Å². The van der Waals surface area contributed by atoms with Gasteiger partial charge in [0.2, 0.25) is 0 Å². The van der Waals surface area contributed by atoms with Gasteiger partial charge in [0, 0.05) is 6.20 Å². The fraction of sp³-hybridized carbons (Fsp3) is 0.143. The number of carbonyl (C=O) groups excluding carboxylic acids is 1. The molecule has 0 aliphatic heterocycles. The highest BCUT2D eigenvalue weighted by atomic mass is 16.3. The molecule has 0 atom stereocenters. The summed E-state index contributed by atoms with van der Waals surface area (Å²) in [5.41, 5.74) is -0.591. The minimum Gasteiger partial charge on any atom is -0.503 e. The molecule has 1 heterocycles. The maximum atomic E-state index is 10.7. The molecule has 1 rings (SSSR count). The van der Waals surface area contributed by atoms with E-state index in [4.69, 9.17) is 5.11 Å². The largest absolute Gasteiger partial charge is 0.503 e. The summed E-state index contributed by atoms with van der Waals surface area (Å²) in [5.74, 6) is -0.839. The number of H-pyrrole nitrogens is 1.